The van der Waals surface area contributed by atoms with E-state index in [4.69, 9.17) is 5.11 Å². The second kappa shape index (κ2) is 6.55. The molecular formula is C7H14O3. The summed E-state index contributed by atoms with van der Waals surface area (Å²) in [5.74, 6) is 0. The van der Waals surface area contributed by atoms with E-state index in [2.05, 4.69) is 11.7 Å². The molecule has 0 aromatic heterocycles. The number of aliphatic hydroxyl groups excluding tert-OH is 1. The third-order valence-corrected chi connectivity index (χ3v) is 1.27. The summed E-state index contributed by atoms with van der Waals surface area (Å²) >= 11 is 0. The van der Waals surface area contributed by atoms with Gasteiger partial charge in [0, 0.05) is 6.42 Å². The summed E-state index contributed by atoms with van der Waals surface area (Å²) in [4.78, 5) is 9.67. The van der Waals surface area contributed by atoms with E-state index in [1.54, 1.807) is 0 Å². The third-order valence-electron chi connectivity index (χ3n) is 1.27. The van der Waals surface area contributed by atoms with E-state index < -0.39 is 6.29 Å². The van der Waals surface area contributed by atoms with Crippen molar-refractivity contribution < 1.29 is 14.6 Å². The Bertz CT molecular complexity index is 82.9. The van der Waals surface area contributed by atoms with Gasteiger partial charge in [-0.2, -0.15) is 0 Å². The zero-order valence-corrected chi connectivity index (χ0v) is 6.25. The normalized spacial score (nSPS) is 12.6. The number of unbranched alkanes of at least 4 members (excludes halogenated alkanes) is 2. The van der Waals surface area contributed by atoms with Gasteiger partial charge in [-0.3, -0.25) is 4.79 Å². The fourth-order valence-electron chi connectivity index (χ4n) is 0.701. The largest absolute Gasteiger partial charge is 0.438 e. The molecule has 0 aliphatic carbocycles. The van der Waals surface area contributed by atoms with Crippen molar-refractivity contribution in [3.63, 3.8) is 0 Å². The molecule has 0 rings (SSSR count). The maximum absolute atomic E-state index is 9.67. The lowest BCUT2D eigenvalue weighted by molar-refractivity contribution is -0.152. The monoisotopic (exact) mass is 146 g/mol. The molecule has 1 atom stereocenters. The molecule has 60 valence electrons. The molecule has 0 saturated carbocycles. The maximum Gasteiger partial charge on any atom is 0.295 e. The van der Waals surface area contributed by atoms with Crippen LogP contribution in [0.3, 0.4) is 0 Å². The van der Waals surface area contributed by atoms with Crippen molar-refractivity contribution in [3.05, 3.63) is 0 Å². The number of rotatable bonds is 6. The summed E-state index contributed by atoms with van der Waals surface area (Å²) in [6.07, 6.45) is 2.73. The average molecular weight is 146 g/mol. The van der Waals surface area contributed by atoms with Crippen LogP contribution in [-0.2, 0) is 9.53 Å². The van der Waals surface area contributed by atoms with E-state index in [0.29, 0.717) is 6.42 Å². The molecule has 0 radical (unpaired) electrons. The van der Waals surface area contributed by atoms with Crippen LogP contribution in [0.1, 0.15) is 32.6 Å². The molecule has 1 unspecified atom stereocenters. The third kappa shape index (κ3) is 5.56. The summed E-state index contributed by atoms with van der Waals surface area (Å²) in [7, 11) is 0. The van der Waals surface area contributed by atoms with Crippen LogP contribution in [0.15, 0.2) is 0 Å². The van der Waals surface area contributed by atoms with E-state index in [1.165, 1.54) is 0 Å². The Labute approximate surface area is 61.0 Å². The van der Waals surface area contributed by atoms with Gasteiger partial charge in [0.15, 0.2) is 6.29 Å². The first-order valence-corrected chi connectivity index (χ1v) is 3.58. The number of carbonyl (C=O) groups excluding carboxylic acids is 1. The van der Waals surface area contributed by atoms with Crippen LogP contribution in [0.5, 0.6) is 0 Å². The Kier molecular flexibility index (Phi) is 6.18. The van der Waals surface area contributed by atoms with Gasteiger partial charge in [0.2, 0.25) is 0 Å². The first-order chi connectivity index (χ1) is 4.81. The van der Waals surface area contributed by atoms with Crippen molar-refractivity contribution in [2.75, 3.05) is 0 Å². The van der Waals surface area contributed by atoms with Crippen LogP contribution < -0.4 is 0 Å². The maximum atomic E-state index is 9.67. The van der Waals surface area contributed by atoms with Crippen LogP contribution in [0, 0.1) is 0 Å². The summed E-state index contributed by atoms with van der Waals surface area (Å²) in [6.45, 7) is 2.35. The van der Waals surface area contributed by atoms with Crippen molar-refractivity contribution in [1.82, 2.24) is 0 Å². The van der Waals surface area contributed by atoms with Crippen molar-refractivity contribution in [1.29, 1.82) is 0 Å². The fraction of sp³-hybridized carbons (Fsp3) is 0.857. The van der Waals surface area contributed by atoms with Gasteiger partial charge < -0.3 is 9.84 Å². The molecule has 0 fully saturated rings. The lowest BCUT2D eigenvalue weighted by Gasteiger charge is -2.05. The standard InChI is InChI=1S/C7H14O3/c1-2-3-4-5-7(9)10-6-8/h6-7,9H,2-5H2,1H3. The van der Waals surface area contributed by atoms with Crippen molar-refractivity contribution in [2.45, 2.75) is 38.9 Å². The molecule has 0 aliphatic heterocycles. The molecule has 0 heterocycles. The van der Waals surface area contributed by atoms with E-state index in [1.807, 2.05) is 0 Å². The molecule has 0 aliphatic rings. The minimum atomic E-state index is -0.899. The summed E-state index contributed by atoms with van der Waals surface area (Å²) in [6, 6.07) is 0. The Hall–Kier alpha value is -0.570. The number of carbonyl (C=O) groups is 1. The number of hydrogen-bond donors (Lipinski definition) is 1. The van der Waals surface area contributed by atoms with Crippen molar-refractivity contribution >= 4 is 6.47 Å². The Morgan fingerprint density at radius 2 is 2.30 bits per heavy atom. The molecule has 0 spiro atoms. The minimum Gasteiger partial charge on any atom is -0.438 e. The molecule has 10 heavy (non-hydrogen) atoms. The summed E-state index contributed by atoms with van der Waals surface area (Å²) < 4.78 is 4.26. The van der Waals surface area contributed by atoms with E-state index >= 15 is 0 Å². The van der Waals surface area contributed by atoms with Crippen LogP contribution in [0.25, 0.3) is 0 Å². The number of ether oxygens (including phenoxy) is 1. The molecule has 0 bridgehead atoms. The number of hydrogen-bond acceptors (Lipinski definition) is 3. The second-order valence-corrected chi connectivity index (χ2v) is 2.18. The minimum absolute atomic E-state index is 0.274. The second-order valence-electron chi connectivity index (χ2n) is 2.18. The fourth-order valence-corrected chi connectivity index (χ4v) is 0.701. The predicted molar refractivity (Wildman–Crippen MR) is 37.3 cm³/mol. The van der Waals surface area contributed by atoms with Gasteiger partial charge >= 0.3 is 0 Å². The molecule has 3 heteroatoms. The van der Waals surface area contributed by atoms with Gasteiger partial charge in [0.05, 0.1) is 0 Å². The van der Waals surface area contributed by atoms with Crippen LogP contribution in [-0.4, -0.2) is 17.9 Å². The summed E-state index contributed by atoms with van der Waals surface area (Å²) in [5, 5.41) is 8.82. The van der Waals surface area contributed by atoms with E-state index in [9.17, 15) is 4.79 Å². The zero-order valence-electron chi connectivity index (χ0n) is 6.25. The lowest BCUT2D eigenvalue weighted by Crippen LogP contribution is -2.09. The molecular weight excluding hydrogens is 132 g/mol. The summed E-state index contributed by atoms with van der Waals surface area (Å²) in [5.41, 5.74) is 0. The van der Waals surface area contributed by atoms with E-state index in [-0.39, 0.29) is 6.47 Å². The van der Waals surface area contributed by atoms with Crippen LogP contribution >= 0.6 is 0 Å². The molecule has 3 nitrogen and oxygen atoms in total. The molecule has 0 aromatic carbocycles. The van der Waals surface area contributed by atoms with E-state index in [0.717, 1.165) is 19.3 Å². The van der Waals surface area contributed by atoms with Gasteiger partial charge in [-0.1, -0.05) is 19.8 Å². The highest BCUT2D eigenvalue weighted by Crippen LogP contribution is 2.02. The highest BCUT2D eigenvalue weighted by atomic mass is 16.6. The Balaban J connectivity index is 3.04. The first-order valence-electron chi connectivity index (χ1n) is 3.58. The van der Waals surface area contributed by atoms with Gasteiger partial charge in [-0.25, -0.2) is 0 Å². The van der Waals surface area contributed by atoms with Gasteiger partial charge in [0.1, 0.15) is 0 Å². The quantitative estimate of drug-likeness (QED) is 0.346. The van der Waals surface area contributed by atoms with Crippen molar-refractivity contribution in [3.8, 4) is 0 Å². The zero-order chi connectivity index (χ0) is 7.82. The van der Waals surface area contributed by atoms with Gasteiger partial charge in [-0.15, -0.1) is 0 Å². The van der Waals surface area contributed by atoms with Gasteiger partial charge in [0.25, 0.3) is 6.47 Å². The topological polar surface area (TPSA) is 46.5 Å². The van der Waals surface area contributed by atoms with Crippen LogP contribution in [0.2, 0.25) is 0 Å². The average Bonchev–Trinajstić information content (AvgIpc) is 1.89. The molecule has 0 saturated heterocycles. The van der Waals surface area contributed by atoms with Crippen molar-refractivity contribution in [2.24, 2.45) is 0 Å². The highest BCUT2D eigenvalue weighted by Gasteiger charge is 2.00. The molecule has 0 aromatic rings. The highest BCUT2D eigenvalue weighted by molar-refractivity contribution is 5.37. The Morgan fingerprint density at radius 3 is 2.80 bits per heavy atom. The molecule has 1 N–H and O–H groups in total. The lowest BCUT2D eigenvalue weighted by atomic mass is 10.2. The van der Waals surface area contributed by atoms with Gasteiger partial charge in [-0.05, 0) is 6.42 Å². The molecule has 0 amide bonds. The SMILES string of the molecule is CCCCCC(O)OC=O. The number of aliphatic hydroxyl groups is 1. The first kappa shape index (κ1) is 9.43. The predicted octanol–water partition coefficient (Wildman–Crippen LogP) is 1.06. The Morgan fingerprint density at radius 1 is 1.60 bits per heavy atom. The van der Waals surface area contributed by atoms with Crippen LogP contribution in [0.4, 0.5) is 0 Å². The smallest absolute Gasteiger partial charge is 0.295 e.